The maximum absolute atomic E-state index is 2.48. The predicted octanol–water partition coefficient (Wildman–Crippen LogP) is 19.1. The van der Waals surface area contributed by atoms with Gasteiger partial charge in [0.15, 0.2) is 0 Å². The Hall–Kier alpha value is -8.58. The molecule has 0 bridgehead atoms. The third-order valence-electron chi connectivity index (χ3n) is 13.6. The van der Waals surface area contributed by atoms with Crippen molar-refractivity contribution in [1.82, 2.24) is 0 Å². The molecular weight excluding hydrogens is 841 g/mol. The summed E-state index contributed by atoms with van der Waals surface area (Å²) in [5.41, 5.74) is 20.2. The van der Waals surface area contributed by atoms with Crippen LogP contribution < -0.4 is 0 Å². The first-order chi connectivity index (χ1) is 34.3. The molecule has 11 rings (SSSR count). The van der Waals surface area contributed by atoms with E-state index >= 15 is 0 Å². The quantitative estimate of drug-likeness (QED) is 0.0948. The predicted molar refractivity (Wildman–Crippen MR) is 302 cm³/mol. The summed E-state index contributed by atoms with van der Waals surface area (Å²) >= 11 is 0. The van der Waals surface area contributed by atoms with E-state index in [1.807, 2.05) is 0 Å². The summed E-state index contributed by atoms with van der Waals surface area (Å²) in [4.78, 5) is 0. The lowest BCUT2D eigenvalue weighted by molar-refractivity contribution is 0.591. The lowest BCUT2D eigenvalue weighted by Crippen LogP contribution is -2.10. The number of rotatable bonds is 10. The Labute approximate surface area is 413 Å². The summed E-state index contributed by atoms with van der Waals surface area (Å²) in [6.45, 7) is 6.97. The van der Waals surface area contributed by atoms with E-state index in [2.05, 4.69) is 294 Å². The van der Waals surface area contributed by atoms with E-state index in [1.54, 1.807) is 0 Å². The third-order valence-corrected chi connectivity index (χ3v) is 13.6. The number of hydrogen-bond acceptors (Lipinski definition) is 0. The molecule has 0 aliphatic heterocycles. The Balaban J connectivity index is 1.21. The maximum atomic E-state index is 2.48. The van der Waals surface area contributed by atoms with Crippen molar-refractivity contribution in [3.8, 4) is 44.5 Å². The van der Waals surface area contributed by atoms with Crippen LogP contribution in [0.5, 0.6) is 0 Å². The van der Waals surface area contributed by atoms with Gasteiger partial charge < -0.3 is 0 Å². The summed E-state index contributed by atoms with van der Waals surface area (Å²) in [5.74, 6) is 0. The van der Waals surface area contributed by atoms with E-state index < -0.39 is 0 Å². The van der Waals surface area contributed by atoms with Crippen LogP contribution in [-0.2, 0) is 5.41 Å². The van der Waals surface area contributed by atoms with E-state index in [4.69, 9.17) is 0 Å². The van der Waals surface area contributed by atoms with Crippen molar-refractivity contribution in [3.05, 3.63) is 300 Å². The number of benzene rings is 11. The highest BCUT2D eigenvalue weighted by Crippen LogP contribution is 2.47. The van der Waals surface area contributed by atoms with Crippen LogP contribution in [0.3, 0.4) is 0 Å². The van der Waals surface area contributed by atoms with Crippen LogP contribution in [0.2, 0.25) is 0 Å². The highest BCUT2D eigenvalue weighted by molar-refractivity contribution is 6.22. The summed E-state index contributed by atoms with van der Waals surface area (Å²) in [6, 6.07) is 95.4. The standard InChI is InChI=1S/C70H54/c1-70(2,3)61-38-39-64-67(48-61)69(60-43-50(41-58(47-60)52-26-12-5-13-27-52)45-66(55-32-18-8-19-33-55)56-34-20-9-21-35-56)63-37-23-22-36-62(63)68(64)59-42-49(40-57(46-59)51-24-10-4-11-25-51)44-65(53-28-14-6-15-29-53)54-30-16-7-17-31-54/h4-48H,1-3H3. The zero-order valence-corrected chi connectivity index (χ0v) is 40.0. The molecule has 11 aromatic carbocycles. The largest absolute Gasteiger partial charge is 0.0622 e. The monoisotopic (exact) mass is 894 g/mol. The molecule has 0 heteroatoms. The molecule has 0 atom stereocenters. The zero-order valence-electron chi connectivity index (χ0n) is 40.0. The van der Waals surface area contributed by atoms with Gasteiger partial charge in [-0.1, -0.05) is 239 Å². The molecule has 0 heterocycles. The minimum atomic E-state index is -0.0756. The van der Waals surface area contributed by atoms with Crippen molar-refractivity contribution in [3.63, 3.8) is 0 Å². The van der Waals surface area contributed by atoms with Gasteiger partial charge in [-0.2, -0.15) is 0 Å². The molecule has 0 radical (unpaired) electrons. The van der Waals surface area contributed by atoms with Crippen molar-refractivity contribution >= 4 is 44.8 Å². The fourth-order valence-electron chi connectivity index (χ4n) is 10.1. The molecule has 0 spiro atoms. The lowest BCUT2D eigenvalue weighted by atomic mass is 9.80. The Morgan fingerprint density at radius 1 is 0.271 bits per heavy atom. The van der Waals surface area contributed by atoms with Crippen molar-refractivity contribution in [1.29, 1.82) is 0 Å². The molecule has 0 fully saturated rings. The van der Waals surface area contributed by atoms with Crippen LogP contribution in [0, 0.1) is 0 Å². The Morgan fingerprint density at radius 3 is 0.957 bits per heavy atom. The van der Waals surface area contributed by atoms with Crippen molar-refractivity contribution in [2.24, 2.45) is 0 Å². The fraction of sp³-hybridized carbons (Fsp3) is 0.0571. The highest BCUT2D eigenvalue weighted by atomic mass is 14.3. The van der Waals surface area contributed by atoms with Crippen LogP contribution >= 0.6 is 0 Å². The molecule has 0 saturated heterocycles. The van der Waals surface area contributed by atoms with Crippen molar-refractivity contribution in [2.75, 3.05) is 0 Å². The highest BCUT2D eigenvalue weighted by Gasteiger charge is 2.22. The average molecular weight is 895 g/mol. The summed E-state index contributed by atoms with van der Waals surface area (Å²) in [6.07, 6.45) is 4.75. The molecular formula is C70H54. The summed E-state index contributed by atoms with van der Waals surface area (Å²) < 4.78 is 0. The Morgan fingerprint density at radius 2 is 0.586 bits per heavy atom. The Bertz CT molecular complexity index is 3590. The topological polar surface area (TPSA) is 0 Å². The SMILES string of the molecule is CC(C)(C)c1ccc2c(-c3cc(C=C(c4ccccc4)c4ccccc4)cc(-c4ccccc4)c3)c3ccccc3c(-c3cc(C=C(c4ccccc4)c4ccccc4)cc(-c4ccccc4)c3)c2c1. The molecule has 0 nitrogen and oxygen atoms in total. The van der Waals surface area contributed by atoms with E-state index in [1.165, 1.54) is 105 Å². The molecule has 0 aliphatic rings. The van der Waals surface area contributed by atoms with Gasteiger partial charge in [-0.05, 0) is 176 Å². The molecule has 0 aliphatic carbocycles. The second-order valence-corrected chi connectivity index (χ2v) is 19.3. The smallest absolute Gasteiger partial charge is 0.00258 e. The van der Waals surface area contributed by atoms with Gasteiger partial charge in [0.1, 0.15) is 0 Å². The van der Waals surface area contributed by atoms with E-state index in [0.717, 1.165) is 11.1 Å². The number of hydrogen-bond donors (Lipinski definition) is 0. The minimum Gasteiger partial charge on any atom is -0.0622 e. The van der Waals surface area contributed by atoms with Gasteiger partial charge in [0, 0.05) is 0 Å². The number of fused-ring (bicyclic) bond motifs is 2. The van der Waals surface area contributed by atoms with Gasteiger partial charge >= 0.3 is 0 Å². The molecule has 0 unspecified atom stereocenters. The van der Waals surface area contributed by atoms with Crippen molar-refractivity contribution < 1.29 is 0 Å². The molecule has 70 heavy (non-hydrogen) atoms. The first kappa shape index (κ1) is 44.0. The maximum Gasteiger partial charge on any atom is -0.00258 e. The molecule has 0 aromatic heterocycles. The lowest BCUT2D eigenvalue weighted by Gasteiger charge is -2.24. The first-order valence-corrected chi connectivity index (χ1v) is 24.4. The van der Waals surface area contributed by atoms with Crippen LogP contribution in [0.1, 0.15) is 59.7 Å². The van der Waals surface area contributed by atoms with Gasteiger partial charge in [-0.3, -0.25) is 0 Å². The van der Waals surface area contributed by atoms with E-state index in [9.17, 15) is 0 Å². The van der Waals surface area contributed by atoms with Crippen LogP contribution in [-0.4, -0.2) is 0 Å². The molecule has 0 N–H and O–H groups in total. The van der Waals surface area contributed by atoms with Gasteiger partial charge in [0.05, 0.1) is 0 Å². The third kappa shape index (κ3) is 9.08. The molecule has 334 valence electrons. The second-order valence-electron chi connectivity index (χ2n) is 19.3. The fourth-order valence-corrected chi connectivity index (χ4v) is 10.1. The average Bonchev–Trinajstić information content (AvgIpc) is 3.42. The molecule has 0 amide bonds. The minimum absolute atomic E-state index is 0.0756. The van der Waals surface area contributed by atoms with E-state index in [-0.39, 0.29) is 5.41 Å². The van der Waals surface area contributed by atoms with Crippen molar-refractivity contribution in [2.45, 2.75) is 26.2 Å². The molecule has 0 saturated carbocycles. The van der Waals surface area contributed by atoms with Crippen LogP contribution in [0.25, 0.3) is 89.4 Å². The normalized spacial score (nSPS) is 11.4. The second kappa shape index (κ2) is 19.2. The Kier molecular flexibility index (Phi) is 12.1. The molecule has 11 aromatic rings. The van der Waals surface area contributed by atoms with Gasteiger partial charge in [-0.25, -0.2) is 0 Å². The summed E-state index contributed by atoms with van der Waals surface area (Å²) in [7, 11) is 0. The van der Waals surface area contributed by atoms with Gasteiger partial charge in [0.25, 0.3) is 0 Å². The van der Waals surface area contributed by atoms with Crippen LogP contribution in [0.4, 0.5) is 0 Å². The van der Waals surface area contributed by atoms with Gasteiger partial charge in [0.2, 0.25) is 0 Å². The van der Waals surface area contributed by atoms with E-state index in [0.29, 0.717) is 0 Å². The summed E-state index contributed by atoms with van der Waals surface area (Å²) in [5, 5.41) is 4.91. The zero-order chi connectivity index (χ0) is 47.4. The van der Waals surface area contributed by atoms with Crippen LogP contribution in [0.15, 0.2) is 261 Å². The first-order valence-electron chi connectivity index (χ1n) is 24.4. The van der Waals surface area contributed by atoms with Gasteiger partial charge in [-0.15, -0.1) is 0 Å².